The largest absolute Gasteiger partial charge is 0.449 e. The van der Waals surface area contributed by atoms with Crippen LogP contribution in [0, 0.1) is 10.1 Å². The second-order valence-corrected chi connectivity index (χ2v) is 4.45. The van der Waals surface area contributed by atoms with Gasteiger partial charge < -0.3 is 9.64 Å². The van der Waals surface area contributed by atoms with Crippen molar-refractivity contribution < 1.29 is 14.5 Å². The second-order valence-electron chi connectivity index (χ2n) is 4.45. The van der Waals surface area contributed by atoms with Crippen molar-refractivity contribution in [3.8, 4) is 0 Å². The molecule has 7 nitrogen and oxygen atoms in total. The number of nitrogens with zero attached hydrogens (tertiary/aromatic N) is 3. The van der Waals surface area contributed by atoms with E-state index >= 15 is 0 Å². The Bertz CT molecular complexity index is 527. The van der Waals surface area contributed by atoms with Crippen molar-refractivity contribution in [2.24, 2.45) is 0 Å². The summed E-state index contributed by atoms with van der Waals surface area (Å²) in [6.45, 7) is 0.723. The first kappa shape index (κ1) is 13.9. The number of rotatable bonds is 4. The Morgan fingerprint density at radius 1 is 1.35 bits per heavy atom. The predicted octanol–water partition coefficient (Wildman–Crippen LogP) is 1.95. The third kappa shape index (κ3) is 3.47. The lowest BCUT2D eigenvalue weighted by Gasteiger charge is -2.16. The van der Waals surface area contributed by atoms with Crippen LogP contribution in [0.15, 0.2) is 36.7 Å². The molecule has 1 aliphatic rings. The molecule has 7 heteroatoms. The molecule has 0 saturated heterocycles. The van der Waals surface area contributed by atoms with E-state index in [0.717, 1.165) is 5.56 Å². The highest BCUT2D eigenvalue weighted by Crippen LogP contribution is 2.12. The van der Waals surface area contributed by atoms with Gasteiger partial charge in [-0.15, -0.1) is 0 Å². The molecular formula is C13H15N3O4. The van der Waals surface area contributed by atoms with Crippen LogP contribution in [0.3, 0.4) is 0 Å². The van der Waals surface area contributed by atoms with E-state index in [1.54, 1.807) is 24.5 Å². The number of nitro groups is 1. The van der Waals surface area contributed by atoms with Gasteiger partial charge in [-0.05, 0) is 5.56 Å². The van der Waals surface area contributed by atoms with Crippen LogP contribution in [-0.4, -0.2) is 41.1 Å². The molecule has 1 aromatic carbocycles. The zero-order valence-electron chi connectivity index (χ0n) is 11.1. The Morgan fingerprint density at radius 2 is 2.05 bits per heavy atom. The number of carbonyl (C=O) groups excluding carboxylic acids is 1. The number of amides is 1. The van der Waals surface area contributed by atoms with Gasteiger partial charge in [0.2, 0.25) is 0 Å². The van der Waals surface area contributed by atoms with Crippen molar-refractivity contribution in [1.29, 1.82) is 0 Å². The van der Waals surface area contributed by atoms with E-state index in [0.29, 0.717) is 13.1 Å². The van der Waals surface area contributed by atoms with Crippen molar-refractivity contribution in [3.05, 3.63) is 52.3 Å². The summed E-state index contributed by atoms with van der Waals surface area (Å²) >= 11 is 0. The molecule has 0 saturated carbocycles. The third-order valence-corrected chi connectivity index (χ3v) is 2.87. The standard InChI is InChI=1S/C13H15N3O4/c1-14-7-8-15(10-14)13(17)20-9-6-11-2-4-12(5-3-11)16(18)19/h2-5,7-8H,6,9-10H2,1H3. The van der Waals surface area contributed by atoms with Crippen molar-refractivity contribution in [2.45, 2.75) is 6.42 Å². The molecular weight excluding hydrogens is 262 g/mol. The van der Waals surface area contributed by atoms with Gasteiger partial charge in [0, 0.05) is 38.0 Å². The van der Waals surface area contributed by atoms with E-state index in [-0.39, 0.29) is 12.3 Å². The van der Waals surface area contributed by atoms with Gasteiger partial charge in [0.15, 0.2) is 0 Å². The summed E-state index contributed by atoms with van der Waals surface area (Å²) in [5.74, 6) is 0. The first-order valence-electron chi connectivity index (χ1n) is 6.11. The Labute approximate surface area is 116 Å². The Hall–Kier alpha value is -2.57. The van der Waals surface area contributed by atoms with Gasteiger partial charge in [-0.2, -0.15) is 0 Å². The molecule has 20 heavy (non-hydrogen) atoms. The fourth-order valence-corrected chi connectivity index (χ4v) is 1.77. The van der Waals surface area contributed by atoms with E-state index < -0.39 is 11.0 Å². The average Bonchev–Trinajstić information content (AvgIpc) is 2.86. The molecule has 1 aliphatic heterocycles. The van der Waals surface area contributed by atoms with E-state index in [2.05, 4.69) is 0 Å². The molecule has 1 heterocycles. The summed E-state index contributed by atoms with van der Waals surface area (Å²) in [5.41, 5.74) is 0.938. The lowest BCUT2D eigenvalue weighted by Crippen LogP contribution is -2.29. The number of non-ortho nitro benzene ring substituents is 1. The summed E-state index contributed by atoms with van der Waals surface area (Å²) < 4.78 is 5.13. The summed E-state index contributed by atoms with van der Waals surface area (Å²) in [4.78, 5) is 25.1. The van der Waals surface area contributed by atoms with Crippen LogP contribution in [0.1, 0.15) is 5.56 Å². The molecule has 0 radical (unpaired) electrons. The summed E-state index contributed by atoms with van der Waals surface area (Å²) in [7, 11) is 1.86. The zero-order valence-corrected chi connectivity index (χ0v) is 11.1. The number of hydrogen-bond donors (Lipinski definition) is 0. The lowest BCUT2D eigenvalue weighted by molar-refractivity contribution is -0.384. The zero-order chi connectivity index (χ0) is 14.5. The number of benzene rings is 1. The Balaban J connectivity index is 1.77. The molecule has 0 atom stereocenters. The number of nitro benzene ring substituents is 1. The molecule has 0 bridgehead atoms. The Morgan fingerprint density at radius 3 is 2.60 bits per heavy atom. The topological polar surface area (TPSA) is 75.9 Å². The maximum absolute atomic E-state index is 11.7. The van der Waals surface area contributed by atoms with Crippen molar-refractivity contribution in [1.82, 2.24) is 9.80 Å². The van der Waals surface area contributed by atoms with Crippen molar-refractivity contribution in [2.75, 3.05) is 20.3 Å². The minimum atomic E-state index is -0.444. The molecule has 1 aromatic rings. The molecule has 2 rings (SSSR count). The van der Waals surface area contributed by atoms with E-state index in [1.807, 2.05) is 11.9 Å². The highest BCUT2D eigenvalue weighted by Gasteiger charge is 2.17. The molecule has 0 spiro atoms. The molecule has 0 fully saturated rings. The normalized spacial score (nSPS) is 13.7. The average molecular weight is 277 g/mol. The lowest BCUT2D eigenvalue weighted by atomic mass is 10.1. The molecule has 0 aliphatic carbocycles. The fourth-order valence-electron chi connectivity index (χ4n) is 1.77. The minimum Gasteiger partial charge on any atom is -0.449 e. The van der Waals surface area contributed by atoms with Crippen LogP contribution in [-0.2, 0) is 11.2 Å². The summed E-state index contributed by atoms with van der Waals surface area (Å²) in [6, 6.07) is 6.20. The second kappa shape index (κ2) is 6.05. The van der Waals surface area contributed by atoms with E-state index in [1.165, 1.54) is 17.0 Å². The van der Waals surface area contributed by atoms with Gasteiger partial charge in [0.1, 0.15) is 0 Å². The predicted molar refractivity (Wildman–Crippen MR) is 71.8 cm³/mol. The smallest absolute Gasteiger partial charge is 0.415 e. The van der Waals surface area contributed by atoms with Crippen LogP contribution < -0.4 is 0 Å². The number of carbonyl (C=O) groups is 1. The maximum atomic E-state index is 11.7. The van der Waals surface area contributed by atoms with Crippen LogP contribution >= 0.6 is 0 Å². The molecule has 106 valence electrons. The maximum Gasteiger partial charge on any atom is 0.415 e. The van der Waals surface area contributed by atoms with Crippen LogP contribution in [0.5, 0.6) is 0 Å². The molecule has 0 unspecified atom stereocenters. The van der Waals surface area contributed by atoms with Gasteiger partial charge in [-0.1, -0.05) is 12.1 Å². The molecule has 1 amide bonds. The minimum absolute atomic E-state index is 0.0518. The highest BCUT2D eigenvalue weighted by molar-refractivity contribution is 5.69. The van der Waals surface area contributed by atoms with Crippen molar-refractivity contribution in [3.63, 3.8) is 0 Å². The van der Waals surface area contributed by atoms with Crippen LogP contribution in [0.2, 0.25) is 0 Å². The monoisotopic (exact) mass is 277 g/mol. The first-order chi connectivity index (χ1) is 9.56. The summed E-state index contributed by atoms with van der Waals surface area (Å²) in [6.07, 6.45) is 3.58. The summed E-state index contributed by atoms with van der Waals surface area (Å²) in [5, 5.41) is 10.5. The van der Waals surface area contributed by atoms with Crippen LogP contribution in [0.4, 0.5) is 10.5 Å². The molecule has 0 N–H and O–H groups in total. The number of hydrogen-bond acceptors (Lipinski definition) is 5. The number of ether oxygens (including phenoxy) is 1. The van der Waals surface area contributed by atoms with E-state index in [4.69, 9.17) is 4.74 Å². The SMILES string of the molecule is CN1C=CN(C(=O)OCCc2ccc([N+](=O)[O-])cc2)C1. The van der Waals surface area contributed by atoms with Gasteiger partial charge >= 0.3 is 6.09 Å². The third-order valence-electron chi connectivity index (χ3n) is 2.87. The Kier molecular flexibility index (Phi) is 4.19. The molecule has 0 aromatic heterocycles. The first-order valence-corrected chi connectivity index (χ1v) is 6.11. The van der Waals surface area contributed by atoms with Gasteiger partial charge in [0.25, 0.3) is 5.69 Å². The van der Waals surface area contributed by atoms with Gasteiger partial charge in [0.05, 0.1) is 18.2 Å². The fraction of sp³-hybridized carbons (Fsp3) is 0.308. The van der Waals surface area contributed by atoms with E-state index in [9.17, 15) is 14.9 Å². The van der Waals surface area contributed by atoms with Crippen LogP contribution in [0.25, 0.3) is 0 Å². The highest BCUT2D eigenvalue weighted by atomic mass is 16.6. The van der Waals surface area contributed by atoms with Gasteiger partial charge in [-0.25, -0.2) is 4.79 Å². The van der Waals surface area contributed by atoms with Gasteiger partial charge in [-0.3, -0.25) is 15.0 Å². The quantitative estimate of drug-likeness (QED) is 0.621. The van der Waals surface area contributed by atoms with Crippen molar-refractivity contribution >= 4 is 11.8 Å².